The number of hydrogen-bond donors (Lipinski definition) is 1. The van der Waals surface area contributed by atoms with Crippen molar-refractivity contribution in [1.82, 2.24) is 9.88 Å². The number of ether oxygens (including phenoxy) is 1. The van der Waals surface area contributed by atoms with Crippen molar-refractivity contribution in [2.45, 2.75) is 78.1 Å². The molecule has 4 atom stereocenters. The molecule has 0 bridgehead atoms. The van der Waals surface area contributed by atoms with E-state index in [2.05, 4.69) is 25.8 Å². The molecule has 2 aliphatic rings. The Morgan fingerprint density at radius 2 is 1.93 bits per heavy atom. The predicted octanol–water partition coefficient (Wildman–Crippen LogP) is 6.09. The summed E-state index contributed by atoms with van der Waals surface area (Å²) in [5.74, 6) is -1.25. The van der Waals surface area contributed by atoms with Gasteiger partial charge in [-0.3, -0.25) is 14.9 Å². The summed E-state index contributed by atoms with van der Waals surface area (Å²) in [6.45, 7) is 10.2. The van der Waals surface area contributed by atoms with Gasteiger partial charge in [0, 0.05) is 23.0 Å². The summed E-state index contributed by atoms with van der Waals surface area (Å²) in [4.78, 5) is 44.9. The van der Waals surface area contributed by atoms with Gasteiger partial charge in [0.05, 0.1) is 45.7 Å². The van der Waals surface area contributed by atoms with Gasteiger partial charge in [-0.05, 0) is 54.2 Å². The number of carbonyl (C=O) groups is 2. The highest BCUT2D eigenvalue weighted by Crippen LogP contribution is 2.52. The topological polar surface area (TPSA) is 132 Å². The molecule has 1 aromatic heterocycles. The molecule has 1 fully saturated rings. The van der Waals surface area contributed by atoms with E-state index in [4.69, 9.17) is 9.16 Å². The van der Waals surface area contributed by atoms with E-state index in [1.54, 1.807) is 22.5 Å². The normalized spacial score (nSPS) is 21.0. The molecule has 0 unspecified atom stereocenters. The lowest BCUT2D eigenvalue weighted by atomic mass is 9.79. The molecule has 0 radical (unpaired) electrons. The van der Waals surface area contributed by atoms with E-state index >= 15 is 0 Å². The van der Waals surface area contributed by atoms with E-state index in [1.807, 2.05) is 25.3 Å². The monoisotopic (exact) mass is 631 g/mol. The smallest absolute Gasteiger partial charge is 0.356 e. The second-order valence-electron chi connectivity index (χ2n) is 10.5. The molecule has 0 spiro atoms. The SMILES string of the molecule is CC[Si](CC)(CC)O[C@H](C)[C@H]1C(=O)N2C(C(=O)OCc3ccc([N+](=O)[O-])cc3)=C(SC=Cc3scnc3CO)[C@H](C)[C@H]12. The summed E-state index contributed by atoms with van der Waals surface area (Å²) in [6.07, 6.45) is 1.58. The third-order valence-corrected chi connectivity index (χ3v) is 15.1. The van der Waals surface area contributed by atoms with Gasteiger partial charge in [-0.1, -0.05) is 39.5 Å². The molecule has 0 saturated carbocycles. The number of fused-ring (bicyclic) bond motifs is 1. The Balaban J connectivity index is 1.58. The van der Waals surface area contributed by atoms with Gasteiger partial charge in [0.15, 0.2) is 8.32 Å². The Labute approximate surface area is 255 Å². The molecule has 1 saturated heterocycles. The van der Waals surface area contributed by atoms with Gasteiger partial charge in [-0.15, -0.1) is 11.3 Å². The van der Waals surface area contributed by atoms with Crippen LogP contribution in [-0.2, 0) is 32.0 Å². The van der Waals surface area contributed by atoms with Crippen LogP contribution in [0.15, 0.2) is 45.8 Å². The van der Waals surface area contributed by atoms with E-state index in [0.717, 1.165) is 27.9 Å². The number of β-lactam (4-membered cyclic amide) rings is 1. The largest absolute Gasteiger partial charge is 0.456 e. The number of hydrogen-bond acceptors (Lipinski definition) is 10. The number of aromatic nitrogens is 1. The van der Waals surface area contributed by atoms with Crippen molar-refractivity contribution >= 4 is 55.1 Å². The summed E-state index contributed by atoms with van der Waals surface area (Å²) in [5, 5.41) is 22.4. The number of esters is 1. The van der Waals surface area contributed by atoms with Crippen LogP contribution in [-0.4, -0.2) is 52.3 Å². The third kappa shape index (κ3) is 6.25. The van der Waals surface area contributed by atoms with E-state index in [-0.39, 0.29) is 54.5 Å². The number of benzene rings is 1. The van der Waals surface area contributed by atoms with Gasteiger partial charge >= 0.3 is 5.97 Å². The molecule has 0 aliphatic carbocycles. The minimum Gasteiger partial charge on any atom is -0.456 e. The van der Waals surface area contributed by atoms with Crippen molar-refractivity contribution in [3.8, 4) is 0 Å². The number of amides is 1. The van der Waals surface area contributed by atoms with Crippen molar-refractivity contribution in [3.63, 3.8) is 0 Å². The van der Waals surface area contributed by atoms with Gasteiger partial charge in [-0.25, -0.2) is 9.78 Å². The zero-order valence-electron chi connectivity index (χ0n) is 24.4. The number of carbonyl (C=O) groups excluding carboxylic acids is 2. The average molecular weight is 632 g/mol. The van der Waals surface area contributed by atoms with Crippen molar-refractivity contribution < 1.29 is 28.8 Å². The van der Waals surface area contributed by atoms with Crippen molar-refractivity contribution in [3.05, 3.63) is 72.0 Å². The molecule has 1 aromatic carbocycles. The summed E-state index contributed by atoms with van der Waals surface area (Å²) >= 11 is 2.76. The number of rotatable bonds is 14. The summed E-state index contributed by atoms with van der Waals surface area (Å²) < 4.78 is 12.3. The first kappa shape index (κ1) is 32.1. The fourth-order valence-electron chi connectivity index (χ4n) is 5.76. The lowest BCUT2D eigenvalue weighted by Crippen LogP contribution is -2.65. The van der Waals surface area contributed by atoms with E-state index < -0.39 is 19.2 Å². The molecule has 13 heteroatoms. The van der Waals surface area contributed by atoms with Gasteiger partial charge in [0.25, 0.3) is 5.69 Å². The fourth-order valence-corrected chi connectivity index (χ4v) is 10.5. The van der Waals surface area contributed by atoms with Crippen molar-refractivity contribution in [2.75, 3.05) is 0 Å². The third-order valence-electron chi connectivity index (χ3n) is 8.41. The Bertz CT molecular complexity index is 1370. The minimum atomic E-state index is -1.96. The van der Waals surface area contributed by atoms with E-state index in [0.29, 0.717) is 11.3 Å². The first-order valence-electron chi connectivity index (χ1n) is 14.1. The molecule has 3 heterocycles. The van der Waals surface area contributed by atoms with Crippen LogP contribution < -0.4 is 0 Å². The van der Waals surface area contributed by atoms with Crippen LogP contribution in [0.2, 0.25) is 18.1 Å². The first-order valence-corrected chi connectivity index (χ1v) is 18.4. The molecule has 4 rings (SSSR count). The maximum absolute atomic E-state index is 13.7. The number of nitrogens with zero attached hydrogens (tertiary/aromatic N) is 3. The number of thiazole rings is 1. The first-order chi connectivity index (χ1) is 20.1. The van der Waals surface area contributed by atoms with Crippen molar-refractivity contribution in [2.24, 2.45) is 11.8 Å². The van der Waals surface area contributed by atoms with Crippen LogP contribution in [0.3, 0.4) is 0 Å². The van der Waals surface area contributed by atoms with Gasteiger partial charge in [0.1, 0.15) is 12.3 Å². The fraction of sp³-hybridized carbons (Fsp3) is 0.483. The number of non-ortho nitro benzene ring substituents is 1. The van der Waals surface area contributed by atoms with Gasteiger partial charge in [-0.2, -0.15) is 0 Å². The number of aliphatic hydroxyl groups is 1. The number of nitro benzene ring substituents is 1. The molecular weight excluding hydrogens is 595 g/mol. The Hall–Kier alpha value is -2.84. The van der Waals surface area contributed by atoms with Crippen LogP contribution >= 0.6 is 23.1 Å². The second-order valence-corrected chi connectivity index (χ2v) is 17.1. The highest BCUT2D eigenvalue weighted by Gasteiger charge is 2.61. The summed E-state index contributed by atoms with van der Waals surface area (Å²) in [5.41, 5.74) is 3.02. The van der Waals surface area contributed by atoms with E-state index in [9.17, 15) is 24.8 Å². The molecule has 42 heavy (non-hydrogen) atoms. The standard InChI is InChI=1S/C29H37N3O7S2Si/c1-6-42(7-2,8-3)39-19(5)24-25-18(4)27(40-14-13-23-22(15-33)30-17-41-23)26(31(25)28(24)34)29(35)38-16-20-9-11-21(12-10-20)32(36)37/h9-14,17-19,24-25,33H,6-8,15-16H2,1-5H3/t18-,19-,24-,25-/m1/s1. The molecule has 1 amide bonds. The lowest BCUT2D eigenvalue weighted by Gasteiger charge is -2.49. The maximum Gasteiger partial charge on any atom is 0.356 e. The zero-order valence-corrected chi connectivity index (χ0v) is 27.1. The Kier molecular flexibility index (Phi) is 10.4. The molecule has 2 aromatic rings. The van der Waals surface area contributed by atoms with Crippen LogP contribution in [0.5, 0.6) is 0 Å². The quantitative estimate of drug-likeness (QED) is 0.0865. The molecule has 10 nitrogen and oxygen atoms in total. The van der Waals surface area contributed by atoms with Crippen LogP contribution in [0.4, 0.5) is 5.69 Å². The highest BCUT2D eigenvalue weighted by atomic mass is 32.2. The number of aliphatic hydroxyl groups excluding tert-OH is 1. The maximum atomic E-state index is 13.7. The van der Waals surface area contributed by atoms with Gasteiger partial charge in [0.2, 0.25) is 5.91 Å². The summed E-state index contributed by atoms with van der Waals surface area (Å²) in [6, 6.07) is 8.52. The van der Waals surface area contributed by atoms with Crippen LogP contribution in [0.25, 0.3) is 6.08 Å². The average Bonchev–Trinajstić information content (AvgIpc) is 3.55. The van der Waals surface area contributed by atoms with E-state index in [1.165, 1.54) is 35.2 Å². The molecule has 2 aliphatic heterocycles. The van der Waals surface area contributed by atoms with Gasteiger partial charge < -0.3 is 19.2 Å². The number of thioether (sulfide) groups is 1. The van der Waals surface area contributed by atoms with Crippen molar-refractivity contribution in [1.29, 1.82) is 0 Å². The summed E-state index contributed by atoms with van der Waals surface area (Å²) in [7, 11) is -1.96. The van der Waals surface area contributed by atoms with Crippen LogP contribution in [0.1, 0.15) is 50.8 Å². The Morgan fingerprint density at radius 1 is 1.26 bits per heavy atom. The predicted molar refractivity (Wildman–Crippen MR) is 166 cm³/mol. The number of nitro groups is 1. The molecule has 226 valence electrons. The van der Waals surface area contributed by atoms with Crippen LogP contribution in [0, 0.1) is 22.0 Å². The lowest BCUT2D eigenvalue weighted by molar-refractivity contribution is -0.384. The molecular formula is C29H37N3O7S2Si. The molecule has 1 N–H and O–H groups in total. The second kappa shape index (κ2) is 13.6. The zero-order chi connectivity index (χ0) is 30.6. The minimum absolute atomic E-state index is 0.0501. The highest BCUT2D eigenvalue weighted by molar-refractivity contribution is 8.06. The Morgan fingerprint density at radius 3 is 2.52 bits per heavy atom.